The zero-order valence-corrected chi connectivity index (χ0v) is 34.6. The predicted octanol–water partition coefficient (Wildman–Crippen LogP) is 15.7. The lowest BCUT2D eigenvalue weighted by Gasteiger charge is -2.55. The van der Waals surface area contributed by atoms with Crippen molar-refractivity contribution in [3.8, 4) is 11.1 Å². The van der Waals surface area contributed by atoms with Crippen LogP contribution in [-0.4, -0.2) is 0 Å². The number of hydrogen-bond acceptors (Lipinski definition) is 2. The largest absolute Gasteiger partial charge is 0.309 e. The van der Waals surface area contributed by atoms with Crippen LogP contribution in [-0.2, 0) is 16.2 Å². The maximum absolute atomic E-state index is 2.67. The van der Waals surface area contributed by atoms with Gasteiger partial charge < -0.3 is 9.80 Å². The molecule has 0 unspecified atom stereocenters. The number of rotatable bonds is 4. The quantitative estimate of drug-likeness (QED) is 0.176. The van der Waals surface area contributed by atoms with Gasteiger partial charge in [-0.2, -0.15) is 0 Å². The molecule has 9 aromatic rings. The Bertz CT molecular complexity index is 3090. The molecule has 0 aliphatic carbocycles. The first kappa shape index (κ1) is 34.4. The van der Waals surface area contributed by atoms with Gasteiger partial charge in [0.25, 0.3) is 0 Å². The summed E-state index contributed by atoms with van der Waals surface area (Å²) < 4.78 is 0. The van der Waals surface area contributed by atoms with E-state index in [1.54, 1.807) is 0 Å². The topological polar surface area (TPSA) is 6.48 Å². The molecule has 0 atom stereocenters. The fourth-order valence-corrected chi connectivity index (χ4v) is 11.3. The molecular weight excluding hydrogens is 713 g/mol. The molecule has 0 aromatic heterocycles. The number of benzene rings is 9. The molecule has 0 bridgehead atoms. The van der Waals surface area contributed by atoms with E-state index in [1.165, 1.54) is 105 Å². The summed E-state index contributed by atoms with van der Waals surface area (Å²) in [5, 5.41) is 7.37. The number of hydrogen-bond donors (Lipinski definition) is 0. The zero-order chi connectivity index (χ0) is 40.0. The highest BCUT2D eigenvalue weighted by molar-refractivity contribution is 6.12. The van der Waals surface area contributed by atoms with Gasteiger partial charge in [-0.3, -0.25) is 0 Å². The molecule has 2 heteroatoms. The van der Waals surface area contributed by atoms with Crippen LogP contribution in [0.1, 0.15) is 74.9 Å². The average molecular weight is 759 g/mol. The van der Waals surface area contributed by atoms with Gasteiger partial charge in [0.2, 0.25) is 0 Å². The number of para-hydroxylation sites is 2. The normalized spacial score (nSPS) is 16.0. The number of anilines is 6. The molecule has 0 N–H and O–H groups in total. The highest BCUT2D eigenvalue weighted by atomic mass is 15.2. The maximum atomic E-state index is 2.67. The van der Waals surface area contributed by atoms with Crippen molar-refractivity contribution in [2.24, 2.45) is 0 Å². The van der Waals surface area contributed by atoms with Crippen molar-refractivity contribution in [1.29, 1.82) is 0 Å². The van der Waals surface area contributed by atoms with Crippen molar-refractivity contribution in [2.45, 2.75) is 57.8 Å². The Labute approximate surface area is 347 Å². The smallest absolute Gasteiger partial charge is 0.0544 e. The lowest BCUT2D eigenvalue weighted by Crippen LogP contribution is -2.43. The molecule has 3 aliphatic rings. The predicted molar refractivity (Wildman–Crippen MR) is 250 cm³/mol. The van der Waals surface area contributed by atoms with Gasteiger partial charge in [-0.15, -0.1) is 0 Å². The van der Waals surface area contributed by atoms with Crippen molar-refractivity contribution in [2.75, 3.05) is 9.80 Å². The molecule has 3 heterocycles. The Hall–Kier alpha value is -6.64. The Morgan fingerprint density at radius 2 is 0.712 bits per heavy atom. The van der Waals surface area contributed by atoms with Crippen molar-refractivity contribution in [3.63, 3.8) is 0 Å². The summed E-state index contributed by atoms with van der Waals surface area (Å²) in [5.74, 6) is 0. The summed E-state index contributed by atoms with van der Waals surface area (Å²) in [6, 6.07) is 63.9. The van der Waals surface area contributed by atoms with E-state index in [9.17, 15) is 0 Å². The molecule has 0 amide bonds. The van der Waals surface area contributed by atoms with E-state index in [4.69, 9.17) is 0 Å². The van der Waals surface area contributed by atoms with E-state index in [-0.39, 0.29) is 16.2 Å². The molecule has 0 saturated heterocycles. The van der Waals surface area contributed by atoms with E-state index < -0.39 is 0 Å². The number of fused-ring (bicyclic) bond motifs is 3. The first-order valence-electron chi connectivity index (χ1n) is 21.1. The van der Waals surface area contributed by atoms with Gasteiger partial charge >= 0.3 is 0 Å². The average Bonchev–Trinajstić information content (AvgIpc) is 3.25. The summed E-state index contributed by atoms with van der Waals surface area (Å²) in [6.07, 6.45) is 0. The molecule has 0 saturated carbocycles. The summed E-state index contributed by atoms with van der Waals surface area (Å²) in [4.78, 5) is 5.17. The Morgan fingerprint density at radius 3 is 1.22 bits per heavy atom. The van der Waals surface area contributed by atoms with Gasteiger partial charge in [0.15, 0.2) is 0 Å². The molecule has 0 radical (unpaired) electrons. The van der Waals surface area contributed by atoms with Crippen LogP contribution in [0.4, 0.5) is 34.1 Å². The van der Waals surface area contributed by atoms with Crippen LogP contribution in [0.5, 0.6) is 0 Å². The van der Waals surface area contributed by atoms with Crippen LogP contribution in [0.25, 0.3) is 43.4 Å². The van der Waals surface area contributed by atoms with Crippen LogP contribution in [0, 0.1) is 0 Å². The summed E-state index contributed by atoms with van der Waals surface area (Å²) in [5.41, 5.74) is 18.0. The second-order valence-corrected chi connectivity index (χ2v) is 18.5. The Balaban J connectivity index is 1.13. The SMILES string of the molecule is CC1(C)c2cccc3c2N2c4c1cccc4C(C)(C)c1cc(-c4ccc(N(c5cccc6ccccc56)c5cccc6ccccc56)c5ccccc45)cc(c12)C3(C)C. The van der Waals surface area contributed by atoms with Crippen molar-refractivity contribution in [3.05, 3.63) is 203 Å². The fraction of sp³-hybridized carbons (Fsp3) is 0.158. The van der Waals surface area contributed by atoms with E-state index >= 15 is 0 Å². The van der Waals surface area contributed by atoms with Gasteiger partial charge in [0.1, 0.15) is 0 Å². The summed E-state index contributed by atoms with van der Waals surface area (Å²) >= 11 is 0. The van der Waals surface area contributed by atoms with E-state index in [1.807, 2.05) is 0 Å². The van der Waals surface area contributed by atoms with Gasteiger partial charge in [0, 0.05) is 32.4 Å². The second kappa shape index (κ2) is 11.7. The lowest BCUT2D eigenvalue weighted by atomic mass is 9.60. The lowest BCUT2D eigenvalue weighted by molar-refractivity contribution is 0.567. The van der Waals surface area contributed by atoms with Crippen molar-refractivity contribution < 1.29 is 0 Å². The van der Waals surface area contributed by atoms with Crippen LogP contribution in [0.3, 0.4) is 0 Å². The third-order valence-corrected chi connectivity index (χ3v) is 14.4. The van der Waals surface area contributed by atoms with Crippen molar-refractivity contribution >= 4 is 66.4 Å². The molecule has 12 rings (SSSR count). The standard InChI is InChI=1S/C57H46N2/c1-55(2)43-25-15-27-45-52(43)59-53-44(55)26-16-28-46(53)57(5,6)48-34-37(33-47(54(48)59)56(45,3)4)38-31-32-51(42-24-12-11-23-41(38)42)58(49-29-13-19-35-17-7-9-21-39(35)49)50-30-14-20-36-18-8-10-22-40(36)50/h7-34H,1-6H3. The van der Waals surface area contributed by atoms with Crippen LogP contribution in [0.15, 0.2) is 170 Å². The molecule has 3 aliphatic heterocycles. The third-order valence-electron chi connectivity index (χ3n) is 14.4. The molecule has 284 valence electrons. The number of nitrogens with zero attached hydrogens (tertiary/aromatic N) is 2. The van der Waals surface area contributed by atoms with Gasteiger partial charge in [-0.25, -0.2) is 0 Å². The first-order chi connectivity index (χ1) is 28.6. The van der Waals surface area contributed by atoms with E-state index in [0.717, 1.165) is 5.69 Å². The van der Waals surface area contributed by atoms with Crippen LogP contribution in [0.2, 0.25) is 0 Å². The summed E-state index contributed by atoms with van der Waals surface area (Å²) in [7, 11) is 0. The molecule has 2 nitrogen and oxygen atoms in total. The van der Waals surface area contributed by atoms with Gasteiger partial charge in [-0.05, 0) is 91.0 Å². The zero-order valence-electron chi connectivity index (χ0n) is 34.6. The van der Waals surface area contributed by atoms with Crippen LogP contribution < -0.4 is 9.80 Å². The minimum atomic E-state index is -0.215. The maximum Gasteiger partial charge on any atom is 0.0544 e. The highest BCUT2D eigenvalue weighted by Crippen LogP contribution is 2.66. The Kier molecular flexibility index (Phi) is 6.84. The minimum absolute atomic E-state index is 0.110. The van der Waals surface area contributed by atoms with E-state index in [2.05, 4.69) is 221 Å². The second-order valence-electron chi connectivity index (χ2n) is 18.5. The fourth-order valence-electron chi connectivity index (χ4n) is 11.3. The first-order valence-corrected chi connectivity index (χ1v) is 21.1. The summed E-state index contributed by atoms with van der Waals surface area (Å²) in [6.45, 7) is 14.6. The molecule has 0 spiro atoms. The van der Waals surface area contributed by atoms with Crippen molar-refractivity contribution in [1.82, 2.24) is 0 Å². The molecular formula is C57H46N2. The monoisotopic (exact) mass is 758 g/mol. The van der Waals surface area contributed by atoms with Crippen LogP contribution >= 0.6 is 0 Å². The third kappa shape index (κ3) is 4.47. The van der Waals surface area contributed by atoms with E-state index in [0.29, 0.717) is 0 Å². The van der Waals surface area contributed by atoms with Gasteiger partial charge in [0.05, 0.1) is 34.1 Å². The minimum Gasteiger partial charge on any atom is -0.309 e. The molecule has 59 heavy (non-hydrogen) atoms. The van der Waals surface area contributed by atoms with Gasteiger partial charge in [-0.1, -0.05) is 181 Å². The highest BCUT2D eigenvalue weighted by Gasteiger charge is 2.51. The molecule has 9 aromatic carbocycles. The molecule has 0 fully saturated rings. The Morgan fingerprint density at radius 1 is 0.339 bits per heavy atom.